The maximum absolute atomic E-state index is 12.3. The van der Waals surface area contributed by atoms with Crippen molar-refractivity contribution in [3.63, 3.8) is 0 Å². The Balaban J connectivity index is 1.49. The fourth-order valence-electron chi connectivity index (χ4n) is 4.47. The van der Waals surface area contributed by atoms with Crippen LogP contribution in [0.1, 0.15) is 50.4 Å². The Hall–Kier alpha value is -2.57. The van der Waals surface area contributed by atoms with Gasteiger partial charge in [-0.3, -0.25) is 0 Å². The molecule has 3 aliphatic rings. The number of pyridine rings is 1. The lowest BCUT2D eigenvalue weighted by atomic mass is 9.99. The number of nitrogens with one attached hydrogen (secondary N) is 2. The summed E-state index contributed by atoms with van der Waals surface area (Å²) in [5.41, 5.74) is 2.75. The summed E-state index contributed by atoms with van der Waals surface area (Å²) in [4.78, 5) is 21.0. The molecule has 0 saturated carbocycles. The number of carbonyl (C=O) groups excluding carboxylic acids is 1. The molecule has 2 saturated heterocycles. The van der Waals surface area contributed by atoms with Crippen LogP contribution in [0.15, 0.2) is 0 Å². The van der Waals surface area contributed by atoms with Gasteiger partial charge in [0, 0.05) is 31.2 Å². The van der Waals surface area contributed by atoms with Crippen LogP contribution in [0.3, 0.4) is 0 Å². The highest BCUT2D eigenvalue weighted by Gasteiger charge is 2.35. The van der Waals surface area contributed by atoms with Crippen LogP contribution in [0.5, 0.6) is 5.88 Å². The monoisotopic (exact) mass is 442 g/mol. The molecule has 174 valence electrons. The van der Waals surface area contributed by atoms with Gasteiger partial charge in [-0.2, -0.15) is 5.26 Å². The third-order valence-electron chi connectivity index (χ3n) is 6.27. The lowest BCUT2D eigenvalue weighted by molar-refractivity contribution is 0.0105. The number of hydrogen-bond acceptors (Lipinski definition) is 8. The predicted octanol–water partition coefficient (Wildman–Crippen LogP) is 2.10. The number of hydrogen-bond donors (Lipinski definition) is 2. The number of anilines is 1. The average molecular weight is 443 g/mol. The summed E-state index contributed by atoms with van der Waals surface area (Å²) >= 11 is 0. The summed E-state index contributed by atoms with van der Waals surface area (Å²) < 4.78 is 11.6. The number of amides is 1. The van der Waals surface area contributed by atoms with E-state index in [2.05, 4.69) is 28.7 Å². The summed E-state index contributed by atoms with van der Waals surface area (Å²) in [5.74, 6) is 0.404. The SMILES string of the molecule is CN1CCCC1COc1nc2c(c(NC3CN(C(=O)OC(C)(C)C)C3)c1C#N)CCNC2. The van der Waals surface area contributed by atoms with E-state index in [0.29, 0.717) is 43.7 Å². The zero-order chi connectivity index (χ0) is 22.9. The van der Waals surface area contributed by atoms with Crippen LogP contribution in [0.4, 0.5) is 10.5 Å². The van der Waals surface area contributed by atoms with E-state index < -0.39 is 5.60 Å². The molecule has 1 unspecified atom stereocenters. The van der Waals surface area contributed by atoms with E-state index in [0.717, 1.165) is 42.9 Å². The normalized spacial score (nSPS) is 21.5. The number of aromatic nitrogens is 1. The van der Waals surface area contributed by atoms with Crippen LogP contribution in [-0.2, 0) is 17.7 Å². The van der Waals surface area contributed by atoms with Gasteiger partial charge in [-0.1, -0.05) is 0 Å². The van der Waals surface area contributed by atoms with Gasteiger partial charge in [-0.15, -0.1) is 0 Å². The molecule has 9 nitrogen and oxygen atoms in total. The summed E-state index contributed by atoms with van der Waals surface area (Å²) in [6, 6.07) is 2.74. The van der Waals surface area contributed by atoms with Crippen molar-refractivity contribution >= 4 is 11.8 Å². The van der Waals surface area contributed by atoms with Gasteiger partial charge in [-0.25, -0.2) is 9.78 Å². The third-order valence-corrected chi connectivity index (χ3v) is 6.27. The van der Waals surface area contributed by atoms with Gasteiger partial charge in [0.2, 0.25) is 5.88 Å². The molecular formula is C23H34N6O3. The van der Waals surface area contributed by atoms with Crippen molar-refractivity contribution in [1.82, 2.24) is 20.1 Å². The van der Waals surface area contributed by atoms with Crippen molar-refractivity contribution in [2.24, 2.45) is 0 Å². The van der Waals surface area contributed by atoms with Crippen LogP contribution >= 0.6 is 0 Å². The highest BCUT2D eigenvalue weighted by Crippen LogP contribution is 2.34. The molecule has 2 fully saturated rings. The third kappa shape index (κ3) is 4.92. The quantitative estimate of drug-likeness (QED) is 0.715. The molecule has 32 heavy (non-hydrogen) atoms. The summed E-state index contributed by atoms with van der Waals surface area (Å²) in [6.07, 6.45) is 2.76. The average Bonchev–Trinajstić information content (AvgIpc) is 3.11. The van der Waals surface area contributed by atoms with Gasteiger partial charge in [0.1, 0.15) is 23.8 Å². The first kappa shape index (κ1) is 22.6. The van der Waals surface area contributed by atoms with Crippen molar-refractivity contribution in [1.29, 1.82) is 5.26 Å². The number of ether oxygens (including phenoxy) is 2. The highest BCUT2D eigenvalue weighted by molar-refractivity contribution is 5.71. The zero-order valence-electron chi connectivity index (χ0n) is 19.5. The molecule has 0 bridgehead atoms. The van der Waals surface area contributed by atoms with Gasteiger partial charge in [0.25, 0.3) is 0 Å². The lowest BCUT2D eigenvalue weighted by Gasteiger charge is -2.41. The van der Waals surface area contributed by atoms with E-state index >= 15 is 0 Å². The number of fused-ring (bicyclic) bond motifs is 1. The molecule has 2 N–H and O–H groups in total. The number of likely N-dealkylation sites (tertiary alicyclic amines) is 2. The fraction of sp³-hybridized carbons (Fsp3) is 0.696. The molecule has 0 aliphatic carbocycles. The van der Waals surface area contributed by atoms with Crippen molar-refractivity contribution in [2.45, 2.75) is 64.3 Å². The first-order chi connectivity index (χ1) is 15.2. The van der Waals surface area contributed by atoms with Crippen LogP contribution in [0.2, 0.25) is 0 Å². The molecule has 1 aromatic heterocycles. The van der Waals surface area contributed by atoms with Crippen LogP contribution in [0.25, 0.3) is 0 Å². The second-order valence-electron chi connectivity index (χ2n) is 9.95. The number of carbonyl (C=O) groups is 1. The molecule has 3 aliphatic heterocycles. The first-order valence-electron chi connectivity index (χ1n) is 11.5. The van der Waals surface area contributed by atoms with E-state index in [9.17, 15) is 10.1 Å². The van der Waals surface area contributed by atoms with Crippen molar-refractivity contribution in [3.05, 3.63) is 16.8 Å². The van der Waals surface area contributed by atoms with Crippen LogP contribution < -0.4 is 15.4 Å². The van der Waals surface area contributed by atoms with Crippen molar-refractivity contribution in [2.75, 3.05) is 45.2 Å². The molecule has 0 radical (unpaired) electrons. The Morgan fingerprint density at radius 2 is 2.16 bits per heavy atom. The second kappa shape index (κ2) is 9.12. The molecule has 9 heteroatoms. The van der Waals surface area contributed by atoms with Gasteiger partial charge >= 0.3 is 6.09 Å². The molecule has 1 aromatic rings. The Bertz CT molecular complexity index is 900. The summed E-state index contributed by atoms with van der Waals surface area (Å²) in [5, 5.41) is 16.9. The Morgan fingerprint density at radius 1 is 1.38 bits per heavy atom. The van der Waals surface area contributed by atoms with Gasteiger partial charge in [0.15, 0.2) is 0 Å². The standard InChI is InChI=1S/C23H34N6O3/c1-23(2,3)32-22(30)29-12-15(13-29)26-20-17-7-8-25-11-19(17)27-21(18(20)10-24)31-14-16-6-5-9-28(16)4/h15-16,25H,5-9,11-14H2,1-4H3,(H,26,27). The summed E-state index contributed by atoms with van der Waals surface area (Å²) in [6.45, 7) is 9.77. The minimum absolute atomic E-state index is 0.0600. The number of rotatable bonds is 5. The van der Waals surface area contributed by atoms with E-state index in [4.69, 9.17) is 14.5 Å². The van der Waals surface area contributed by atoms with E-state index in [1.807, 2.05) is 20.8 Å². The van der Waals surface area contributed by atoms with Gasteiger partial charge < -0.3 is 29.9 Å². The molecular weight excluding hydrogens is 408 g/mol. The maximum Gasteiger partial charge on any atom is 0.410 e. The number of nitriles is 1. The first-order valence-corrected chi connectivity index (χ1v) is 11.5. The minimum Gasteiger partial charge on any atom is -0.475 e. The zero-order valence-corrected chi connectivity index (χ0v) is 19.5. The molecule has 1 amide bonds. The Kier molecular flexibility index (Phi) is 6.45. The number of likely N-dealkylation sites (N-methyl/N-ethyl adjacent to an activating group) is 1. The Labute approximate surface area is 190 Å². The molecule has 0 aromatic carbocycles. The largest absolute Gasteiger partial charge is 0.475 e. The van der Waals surface area contributed by atoms with Crippen molar-refractivity contribution in [3.8, 4) is 11.9 Å². The van der Waals surface area contributed by atoms with Crippen LogP contribution in [-0.4, -0.2) is 78.4 Å². The minimum atomic E-state index is -0.514. The highest BCUT2D eigenvalue weighted by atomic mass is 16.6. The van der Waals surface area contributed by atoms with E-state index in [-0.39, 0.29) is 12.1 Å². The van der Waals surface area contributed by atoms with Crippen LogP contribution in [0, 0.1) is 11.3 Å². The van der Waals surface area contributed by atoms with Crippen molar-refractivity contribution < 1.29 is 14.3 Å². The smallest absolute Gasteiger partial charge is 0.410 e. The predicted molar refractivity (Wildman–Crippen MR) is 121 cm³/mol. The second-order valence-corrected chi connectivity index (χ2v) is 9.95. The van der Waals surface area contributed by atoms with E-state index in [1.165, 1.54) is 6.42 Å². The van der Waals surface area contributed by atoms with Gasteiger partial charge in [0.05, 0.1) is 17.4 Å². The molecule has 4 rings (SSSR count). The summed E-state index contributed by atoms with van der Waals surface area (Å²) in [7, 11) is 2.11. The Morgan fingerprint density at radius 3 is 2.81 bits per heavy atom. The van der Waals surface area contributed by atoms with Gasteiger partial charge in [-0.05, 0) is 60.2 Å². The molecule has 0 spiro atoms. The molecule has 1 atom stereocenters. The maximum atomic E-state index is 12.3. The lowest BCUT2D eigenvalue weighted by Crippen LogP contribution is -2.58. The number of nitrogens with zero attached hydrogens (tertiary/aromatic N) is 4. The topological polar surface area (TPSA) is 103 Å². The molecule has 4 heterocycles. The fourth-order valence-corrected chi connectivity index (χ4v) is 4.47. The van der Waals surface area contributed by atoms with E-state index in [1.54, 1.807) is 4.90 Å².